The van der Waals surface area contributed by atoms with Gasteiger partial charge in [0.15, 0.2) is 0 Å². The summed E-state index contributed by atoms with van der Waals surface area (Å²) in [6.07, 6.45) is 2.65. The molecule has 0 saturated carbocycles. The van der Waals surface area contributed by atoms with Crippen LogP contribution >= 0.6 is 0 Å². The molecule has 2 nitrogen and oxygen atoms in total. The minimum atomic E-state index is 0.209. The van der Waals surface area contributed by atoms with Gasteiger partial charge in [-0.25, -0.2) is 0 Å². The van der Waals surface area contributed by atoms with E-state index in [1.807, 2.05) is 55.5 Å². The fraction of sp³-hybridized carbons (Fsp3) is 0.261. The van der Waals surface area contributed by atoms with E-state index in [-0.39, 0.29) is 11.7 Å². The lowest BCUT2D eigenvalue weighted by Gasteiger charge is -2.10. The molecule has 128 valence electrons. The summed E-state index contributed by atoms with van der Waals surface area (Å²) in [5.74, 6) is 7.62. The van der Waals surface area contributed by atoms with Crippen LogP contribution in [0, 0.1) is 11.8 Å². The number of allylic oxidation sites excluding steroid dienone is 1. The molecule has 0 heterocycles. The predicted molar refractivity (Wildman–Crippen MR) is 103 cm³/mol. The van der Waals surface area contributed by atoms with Gasteiger partial charge < -0.3 is 4.74 Å². The van der Waals surface area contributed by atoms with Crippen molar-refractivity contribution in [1.29, 1.82) is 0 Å². The molecule has 0 spiro atoms. The number of benzene rings is 2. The Kier molecular flexibility index (Phi) is 7.04. The summed E-state index contributed by atoms with van der Waals surface area (Å²) in [5.41, 5.74) is 3.07. The van der Waals surface area contributed by atoms with E-state index in [1.165, 1.54) is 0 Å². The normalized spacial score (nSPS) is 11.1. The average molecular weight is 332 g/mol. The summed E-state index contributed by atoms with van der Waals surface area (Å²) in [6.45, 7) is 8.31. The topological polar surface area (TPSA) is 26.3 Å². The quantitative estimate of drug-likeness (QED) is 0.519. The van der Waals surface area contributed by atoms with Gasteiger partial charge in [0.1, 0.15) is 11.5 Å². The first-order valence-corrected chi connectivity index (χ1v) is 8.59. The minimum Gasteiger partial charge on any atom is -0.494 e. The van der Waals surface area contributed by atoms with Crippen LogP contribution in [0.3, 0.4) is 0 Å². The molecule has 0 aliphatic carbocycles. The molecule has 1 atom stereocenters. The fourth-order valence-corrected chi connectivity index (χ4v) is 2.54. The van der Waals surface area contributed by atoms with E-state index in [9.17, 15) is 4.79 Å². The van der Waals surface area contributed by atoms with Gasteiger partial charge in [0, 0.05) is 24.0 Å². The van der Waals surface area contributed by atoms with Crippen molar-refractivity contribution >= 4 is 5.78 Å². The smallest absolute Gasteiger partial charge is 0.137 e. The van der Waals surface area contributed by atoms with Gasteiger partial charge in [-0.2, -0.15) is 0 Å². The Morgan fingerprint density at radius 1 is 1.08 bits per heavy atom. The van der Waals surface area contributed by atoms with Gasteiger partial charge >= 0.3 is 0 Å². The van der Waals surface area contributed by atoms with Gasteiger partial charge in [0.2, 0.25) is 0 Å². The second-order valence-corrected chi connectivity index (χ2v) is 5.97. The zero-order valence-electron chi connectivity index (χ0n) is 14.9. The second kappa shape index (κ2) is 9.49. The van der Waals surface area contributed by atoms with Crippen molar-refractivity contribution in [1.82, 2.24) is 0 Å². The molecule has 2 aromatic carbocycles. The summed E-state index contributed by atoms with van der Waals surface area (Å²) in [4.78, 5) is 11.7. The van der Waals surface area contributed by atoms with Crippen molar-refractivity contribution in [3.05, 3.63) is 77.9 Å². The first-order valence-electron chi connectivity index (χ1n) is 8.59. The van der Waals surface area contributed by atoms with Crippen LogP contribution in [-0.4, -0.2) is 12.4 Å². The van der Waals surface area contributed by atoms with Crippen LogP contribution in [0.15, 0.2) is 61.2 Å². The highest BCUT2D eigenvalue weighted by Crippen LogP contribution is 2.20. The lowest BCUT2D eigenvalue weighted by molar-refractivity contribution is -0.118. The maximum absolute atomic E-state index is 11.7. The fourth-order valence-electron chi connectivity index (χ4n) is 2.54. The van der Waals surface area contributed by atoms with Gasteiger partial charge in [-0.15, -0.1) is 6.58 Å². The van der Waals surface area contributed by atoms with Crippen molar-refractivity contribution < 1.29 is 9.53 Å². The molecule has 2 aromatic rings. The summed E-state index contributed by atoms with van der Waals surface area (Å²) in [6, 6.07) is 15.9. The Bertz CT molecular complexity index is 758. The molecule has 0 radical (unpaired) electrons. The van der Waals surface area contributed by atoms with Gasteiger partial charge in [-0.3, -0.25) is 4.79 Å². The van der Waals surface area contributed by atoms with Gasteiger partial charge in [0.05, 0.1) is 6.61 Å². The van der Waals surface area contributed by atoms with E-state index in [2.05, 4.69) is 25.3 Å². The van der Waals surface area contributed by atoms with Crippen LogP contribution in [0.1, 0.15) is 49.3 Å². The maximum atomic E-state index is 11.7. The third kappa shape index (κ3) is 5.97. The number of rotatable bonds is 7. The molecule has 2 rings (SSSR count). The van der Waals surface area contributed by atoms with Crippen LogP contribution in [0.5, 0.6) is 5.75 Å². The monoisotopic (exact) mass is 332 g/mol. The highest BCUT2D eigenvalue weighted by atomic mass is 16.5. The molecule has 0 fully saturated rings. The maximum Gasteiger partial charge on any atom is 0.137 e. The highest BCUT2D eigenvalue weighted by molar-refractivity contribution is 5.80. The Morgan fingerprint density at radius 3 is 2.16 bits per heavy atom. The average Bonchev–Trinajstić information content (AvgIpc) is 2.62. The predicted octanol–water partition coefficient (Wildman–Crippen LogP) is 5.12. The van der Waals surface area contributed by atoms with Crippen LogP contribution in [0.4, 0.5) is 0 Å². The molecule has 0 aliphatic heterocycles. The molecule has 1 unspecified atom stereocenters. The Hall–Kier alpha value is -2.79. The van der Waals surface area contributed by atoms with Crippen molar-refractivity contribution in [3.8, 4) is 17.6 Å². The van der Waals surface area contributed by atoms with Gasteiger partial charge in [-0.05, 0) is 54.8 Å². The molecule has 2 heteroatoms. The molecule has 0 aromatic heterocycles. The van der Waals surface area contributed by atoms with E-state index < -0.39 is 0 Å². The lowest BCUT2D eigenvalue weighted by Crippen LogP contribution is -2.03. The van der Waals surface area contributed by atoms with Gasteiger partial charge in [0.25, 0.3) is 0 Å². The standard InChI is InChI=1S/C23H24O2/c1-4-6-22(24)17-18(3)21-13-9-19(10-14-21)7-8-20-11-15-23(16-12-20)25-5-2/h4,9-16,18H,1,5-6,17H2,2-3H3. The molecular formula is C23H24O2. The lowest BCUT2D eigenvalue weighted by atomic mass is 9.94. The second-order valence-electron chi connectivity index (χ2n) is 5.97. The first-order chi connectivity index (χ1) is 12.1. The van der Waals surface area contributed by atoms with Crippen LogP contribution in [0.2, 0.25) is 0 Å². The van der Waals surface area contributed by atoms with Crippen LogP contribution in [-0.2, 0) is 4.79 Å². The van der Waals surface area contributed by atoms with Crippen molar-refractivity contribution in [2.75, 3.05) is 6.61 Å². The van der Waals surface area contributed by atoms with Crippen LogP contribution in [0.25, 0.3) is 0 Å². The Morgan fingerprint density at radius 2 is 1.64 bits per heavy atom. The molecule has 0 saturated heterocycles. The molecule has 0 bridgehead atoms. The Labute approximate surface area is 150 Å². The Balaban J connectivity index is 2.00. The third-order valence-corrected chi connectivity index (χ3v) is 3.90. The molecular weight excluding hydrogens is 308 g/mol. The number of Topliss-reactive ketones (excluding diaryl/α,β-unsaturated/α-hetero) is 1. The molecule has 0 amide bonds. The minimum absolute atomic E-state index is 0.209. The number of hydrogen-bond acceptors (Lipinski definition) is 2. The highest BCUT2D eigenvalue weighted by Gasteiger charge is 2.09. The first kappa shape index (κ1) is 18.5. The number of hydrogen-bond donors (Lipinski definition) is 0. The van der Waals surface area contributed by atoms with Crippen molar-refractivity contribution in [3.63, 3.8) is 0 Å². The van der Waals surface area contributed by atoms with E-state index >= 15 is 0 Å². The largest absolute Gasteiger partial charge is 0.494 e. The van der Waals surface area contributed by atoms with Gasteiger partial charge in [-0.1, -0.05) is 37.0 Å². The molecule has 25 heavy (non-hydrogen) atoms. The summed E-state index contributed by atoms with van der Waals surface area (Å²) in [7, 11) is 0. The zero-order chi connectivity index (χ0) is 18.1. The van der Waals surface area contributed by atoms with E-state index in [0.717, 1.165) is 22.4 Å². The van der Waals surface area contributed by atoms with Crippen molar-refractivity contribution in [2.45, 2.75) is 32.6 Å². The summed E-state index contributed by atoms with van der Waals surface area (Å²) in [5, 5.41) is 0. The van der Waals surface area contributed by atoms with E-state index in [1.54, 1.807) is 6.08 Å². The van der Waals surface area contributed by atoms with Crippen molar-refractivity contribution in [2.24, 2.45) is 0 Å². The summed E-state index contributed by atoms with van der Waals surface area (Å²) >= 11 is 0. The van der Waals surface area contributed by atoms with E-state index in [4.69, 9.17) is 4.74 Å². The van der Waals surface area contributed by atoms with E-state index in [0.29, 0.717) is 19.4 Å². The number of ether oxygens (including phenoxy) is 1. The third-order valence-electron chi connectivity index (χ3n) is 3.90. The summed E-state index contributed by atoms with van der Waals surface area (Å²) < 4.78 is 5.42. The number of ketones is 1. The number of carbonyl (C=O) groups excluding carboxylic acids is 1. The molecule has 0 N–H and O–H groups in total. The molecule has 0 aliphatic rings. The van der Waals surface area contributed by atoms with Crippen LogP contribution < -0.4 is 4.74 Å². The number of carbonyl (C=O) groups is 1. The zero-order valence-corrected chi connectivity index (χ0v) is 14.9. The SMILES string of the molecule is C=CCC(=O)CC(C)c1ccc(C#Cc2ccc(OCC)cc2)cc1.